The van der Waals surface area contributed by atoms with Crippen molar-refractivity contribution in [2.75, 3.05) is 32.2 Å². The quantitative estimate of drug-likeness (QED) is 0.442. The number of methoxy groups -OCH3 is 1. The Morgan fingerprint density at radius 2 is 2.00 bits per heavy atom. The molecule has 3 heterocycles. The highest BCUT2D eigenvalue weighted by molar-refractivity contribution is 5.97. The molecule has 2 aliphatic rings. The molecule has 2 N–H and O–H groups in total. The topological polar surface area (TPSA) is 98.8 Å². The van der Waals surface area contributed by atoms with Crippen molar-refractivity contribution in [1.82, 2.24) is 10.3 Å². The maximum absolute atomic E-state index is 12.8. The maximum Gasteiger partial charge on any atom is 0.238 e. The van der Waals surface area contributed by atoms with Gasteiger partial charge in [0.05, 0.1) is 12.8 Å². The van der Waals surface area contributed by atoms with Crippen LogP contribution in [-0.4, -0.2) is 43.5 Å². The minimum atomic E-state index is 0.0899. The Bertz CT molecular complexity index is 1270. The lowest BCUT2D eigenvalue weighted by Crippen LogP contribution is -2.34. The van der Waals surface area contributed by atoms with Crippen LogP contribution >= 0.6 is 0 Å². The number of carbonyl (C=O) groups is 2. The van der Waals surface area contributed by atoms with E-state index in [0.717, 1.165) is 24.1 Å². The van der Waals surface area contributed by atoms with Crippen LogP contribution in [0.2, 0.25) is 0 Å². The largest absolute Gasteiger partial charge is 0.486 e. The van der Waals surface area contributed by atoms with E-state index in [0.29, 0.717) is 72.8 Å². The van der Waals surface area contributed by atoms with Gasteiger partial charge >= 0.3 is 0 Å². The number of Topliss-reactive ketones (excluding diaryl/α,β-unsaturated/α-hetero) is 1. The summed E-state index contributed by atoms with van der Waals surface area (Å²) in [5.74, 6) is 2.36. The molecule has 1 aromatic heterocycles. The minimum absolute atomic E-state index is 0.0899. The number of hydrogen-bond acceptors (Lipinski definition) is 7. The summed E-state index contributed by atoms with van der Waals surface area (Å²) in [6.07, 6.45) is 2.61. The van der Waals surface area contributed by atoms with Crippen molar-refractivity contribution in [3.63, 3.8) is 0 Å². The van der Waals surface area contributed by atoms with E-state index in [1.54, 1.807) is 7.11 Å². The van der Waals surface area contributed by atoms with Crippen molar-refractivity contribution in [2.24, 2.45) is 5.92 Å². The van der Waals surface area contributed by atoms with Gasteiger partial charge in [-0.25, -0.2) is 4.98 Å². The second kappa shape index (κ2) is 10.7. The number of benzene rings is 2. The lowest BCUT2D eigenvalue weighted by Gasteiger charge is -2.21. The van der Waals surface area contributed by atoms with Crippen LogP contribution in [0.1, 0.15) is 36.0 Å². The lowest BCUT2D eigenvalue weighted by atomic mass is 9.92. The fourth-order valence-electron chi connectivity index (χ4n) is 4.55. The van der Waals surface area contributed by atoms with Crippen LogP contribution in [0.5, 0.6) is 17.4 Å². The first kappa shape index (κ1) is 23.7. The van der Waals surface area contributed by atoms with Crippen LogP contribution < -0.4 is 24.8 Å². The molecule has 2 aromatic carbocycles. The summed E-state index contributed by atoms with van der Waals surface area (Å²) in [6.45, 7) is 1.67. The normalized spacial score (nSPS) is 16.7. The summed E-state index contributed by atoms with van der Waals surface area (Å²) >= 11 is 0. The smallest absolute Gasteiger partial charge is 0.238 e. The molecule has 0 bridgehead atoms. The number of ether oxygens (including phenoxy) is 3. The fraction of sp³-hybridized carbons (Fsp3) is 0.321. The first-order valence-corrected chi connectivity index (χ1v) is 12.2. The molecule has 2 aliphatic heterocycles. The number of anilines is 2. The van der Waals surface area contributed by atoms with Crippen molar-refractivity contribution in [3.05, 3.63) is 60.2 Å². The van der Waals surface area contributed by atoms with Crippen LogP contribution in [0.15, 0.2) is 54.6 Å². The van der Waals surface area contributed by atoms with Crippen LogP contribution in [0.4, 0.5) is 11.4 Å². The van der Waals surface area contributed by atoms with Gasteiger partial charge in [0, 0.05) is 36.2 Å². The predicted octanol–water partition coefficient (Wildman–Crippen LogP) is 4.76. The number of pyridine rings is 1. The lowest BCUT2D eigenvalue weighted by molar-refractivity contribution is -0.122. The van der Waals surface area contributed by atoms with E-state index in [4.69, 9.17) is 19.2 Å². The zero-order chi connectivity index (χ0) is 24.9. The Morgan fingerprint density at radius 1 is 1.14 bits per heavy atom. The molecule has 0 aliphatic carbocycles. The number of piperidine rings is 1. The summed E-state index contributed by atoms with van der Waals surface area (Å²) in [6, 6.07) is 17.0. The average Bonchev–Trinajstić information content (AvgIpc) is 2.92. The molecule has 3 aromatic rings. The molecule has 186 valence electrons. The third-order valence-electron chi connectivity index (χ3n) is 6.51. The number of para-hydroxylation sites is 1. The molecule has 36 heavy (non-hydrogen) atoms. The van der Waals surface area contributed by atoms with Crippen molar-refractivity contribution in [1.29, 1.82) is 0 Å². The van der Waals surface area contributed by atoms with E-state index < -0.39 is 0 Å². The van der Waals surface area contributed by atoms with Crippen molar-refractivity contribution < 1.29 is 23.8 Å². The number of aromatic nitrogens is 1. The molecule has 1 fully saturated rings. The van der Waals surface area contributed by atoms with Crippen LogP contribution in [0, 0.1) is 5.92 Å². The molecule has 0 spiro atoms. The second-order valence-corrected chi connectivity index (χ2v) is 8.96. The SMILES string of the molecule is COc1nc(-c2cccc3c2OCCO3)ccc1Nc1cccc(C(=O)CCC2CCC(=O)NC2)c1. The van der Waals surface area contributed by atoms with E-state index in [1.807, 2.05) is 54.6 Å². The molecule has 1 atom stereocenters. The maximum atomic E-state index is 12.8. The van der Waals surface area contributed by atoms with E-state index in [9.17, 15) is 9.59 Å². The number of rotatable bonds is 8. The van der Waals surface area contributed by atoms with Crippen LogP contribution in [0.25, 0.3) is 11.3 Å². The number of nitrogens with zero attached hydrogens (tertiary/aromatic N) is 1. The van der Waals surface area contributed by atoms with Gasteiger partial charge in [0.1, 0.15) is 18.9 Å². The monoisotopic (exact) mass is 487 g/mol. The number of ketones is 1. The van der Waals surface area contributed by atoms with Gasteiger partial charge < -0.3 is 24.8 Å². The highest BCUT2D eigenvalue weighted by atomic mass is 16.6. The molecule has 5 rings (SSSR count). The minimum Gasteiger partial charge on any atom is -0.486 e. The Kier molecular flexibility index (Phi) is 7.02. The van der Waals surface area contributed by atoms with E-state index in [2.05, 4.69) is 10.6 Å². The molecule has 0 saturated carbocycles. The van der Waals surface area contributed by atoms with Gasteiger partial charge in [-0.3, -0.25) is 9.59 Å². The van der Waals surface area contributed by atoms with Gasteiger partial charge in [-0.1, -0.05) is 18.2 Å². The Labute approximate surface area is 210 Å². The first-order valence-electron chi connectivity index (χ1n) is 12.2. The second-order valence-electron chi connectivity index (χ2n) is 8.96. The number of nitrogens with one attached hydrogen (secondary N) is 2. The van der Waals surface area contributed by atoms with E-state index in [-0.39, 0.29) is 11.7 Å². The van der Waals surface area contributed by atoms with Gasteiger partial charge in [-0.2, -0.15) is 0 Å². The molecule has 8 nitrogen and oxygen atoms in total. The number of hydrogen-bond donors (Lipinski definition) is 2. The molecule has 0 radical (unpaired) electrons. The standard InChI is InChI=1S/C28H29N3O5/c1-34-28-23(11-10-22(31-28)21-6-3-7-25-27(21)36-15-14-35-25)30-20-5-2-4-19(16-20)24(32)12-8-18-9-13-26(33)29-17-18/h2-7,10-11,16,18,30H,8-9,12-15,17H2,1H3,(H,29,33). The third-order valence-corrected chi connectivity index (χ3v) is 6.51. The zero-order valence-electron chi connectivity index (χ0n) is 20.2. The van der Waals surface area contributed by atoms with E-state index in [1.165, 1.54) is 0 Å². The molecule has 8 heteroatoms. The van der Waals surface area contributed by atoms with Crippen LogP contribution in [0.3, 0.4) is 0 Å². The highest BCUT2D eigenvalue weighted by Gasteiger charge is 2.20. The Morgan fingerprint density at radius 3 is 2.83 bits per heavy atom. The van der Waals surface area contributed by atoms with E-state index >= 15 is 0 Å². The molecule has 1 saturated heterocycles. The number of carbonyl (C=O) groups excluding carboxylic acids is 2. The summed E-state index contributed by atoms with van der Waals surface area (Å²) in [7, 11) is 1.57. The molecular weight excluding hydrogens is 458 g/mol. The van der Waals surface area contributed by atoms with Crippen molar-refractivity contribution in [3.8, 4) is 28.6 Å². The predicted molar refractivity (Wildman–Crippen MR) is 136 cm³/mol. The summed E-state index contributed by atoms with van der Waals surface area (Å²) in [4.78, 5) is 28.9. The fourth-order valence-corrected chi connectivity index (χ4v) is 4.55. The summed E-state index contributed by atoms with van der Waals surface area (Å²) < 4.78 is 17.1. The Hall–Kier alpha value is -4.07. The zero-order valence-corrected chi connectivity index (χ0v) is 20.2. The van der Waals surface area contributed by atoms with Gasteiger partial charge in [-0.05, 0) is 55.2 Å². The third kappa shape index (κ3) is 5.27. The van der Waals surface area contributed by atoms with Crippen molar-refractivity contribution >= 4 is 23.1 Å². The summed E-state index contributed by atoms with van der Waals surface area (Å²) in [5, 5.41) is 6.21. The molecular formula is C28H29N3O5. The van der Waals surface area contributed by atoms with Crippen LogP contribution in [-0.2, 0) is 4.79 Å². The van der Waals surface area contributed by atoms with Crippen molar-refractivity contribution in [2.45, 2.75) is 25.7 Å². The van der Waals surface area contributed by atoms with Gasteiger partial charge in [-0.15, -0.1) is 0 Å². The van der Waals surface area contributed by atoms with Gasteiger partial charge in [0.25, 0.3) is 0 Å². The molecule has 1 unspecified atom stereocenters. The number of fused-ring (bicyclic) bond motifs is 1. The number of amides is 1. The first-order chi connectivity index (χ1) is 17.6. The van der Waals surface area contributed by atoms with Gasteiger partial charge in [0.2, 0.25) is 11.8 Å². The molecule has 1 amide bonds. The Balaban J connectivity index is 1.29. The van der Waals surface area contributed by atoms with Gasteiger partial charge in [0.15, 0.2) is 17.3 Å². The average molecular weight is 488 g/mol. The highest BCUT2D eigenvalue weighted by Crippen LogP contribution is 2.40. The summed E-state index contributed by atoms with van der Waals surface area (Å²) in [5.41, 5.74) is 3.65.